The zero-order valence-electron chi connectivity index (χ0n) is 8.89. The zero-order valence-corrected chi connectivity index (χ0v) is 9.65. The van der Waals surface area contributed by atoms with Gasteiger partial charge in [0.05, 0.1) is 0 Å². The van der Waals surface area contributed by atoms with E-state index in [-0.39, 0.29) is 5.71 Å². The Morgan fingerprint density at radius 2 is 2.12 bits per heavy atom. The molecule has 3 nitrogen and oxygen atoms in total. The molecule has 0 spiro atoms. The predicted molar refractivity (Wildman–Crippen MR) is 65.4 cm³/mol. The summed E-state index contributed by atoms with van der Waals surface area (Å²) in [6.45, 7) is 1.80. The minimum Gasteiger partial charge on any atom is -0.391 e. The zero-order chi connectivity index (χ0) is 11.8. The monoisotopic (exact) mass is 237 g/mol. The SMILES string of the molecule is CC(=NOC/C=C/c1ccccc1)C(=O)Cl. The summed E-state index contributed by atoms with van der Waals surface area (Å²) in [5.74, 6) is 0. The number of oxime groups is 1. The molecule has 1 rings (SSSR count). The van der Waals surface area contributed by atoms with Crippen molar-refractivity contribution < 1.29 is 9.63 Å². The Labute approximate surface area is 99.4 Å². The van der Waals surface area contributed by atoms with Gasteiger partial charge in [0.1, 0.15) is 12.3 Å². The van der Waals surface area contributed by atoms with Gasteiger partial charge in [0, 0.05) is 0 Å². The van der Waals surface area contributed by atoms with Crippen LogP contribution >= 0.6 is 11.6 Å². The first-order valence-corrected chi connectivity index (χ1v) is 5.16. The van der Waals surface area contributed by atoms with E-state index < -0.39 is 5.24 Å². The number of carbonyl (C=O) groups is 1. The van der Waals surface area contributed by atoms with Gasteiger partial charge in [0.2, 0.25) is 0 Å². The van der Waals surface area contributed by atoms with E-state index in [1.54, 1.807) is 0 Å². The van der Waals surface area contributed by atoms with Crippen molar-refractivity contribution in [2.24, 2.45) is 5.16 Å². The van der Waals surface area contributed by atoms with Crippen molar-refractivity contribution >= 4 is 28.6 Å². The molecule has 0 saturated carbocycles. The third kappa shape index (κ3) is 4.75. The molecule has 0 aromatic heterocycles. The largest absolute Gasteiger partial charge is 0.391 e. The topological polar surface area (TPSA) is 38.7 Å². The van der Waals surface area contributed by atoms with E-state index in [1.165, 1.54) is 6.92 Å². The van der Waals surface area contributed by atoms with Gasteiger partial charge in [-0.1, -0.05) is 41.6 Å². The predicted octanol–water partition coefficient (Wildman–Crippen LogP) is 2.86. The lowest BCUT2D eigenvalue weighted by Crippen LogP contribution is -2.02. The fraction of sp³-hybridized carbons (Fsp3) is 0.167. The number of nitrogens with zero attached hydrogens (tertiary/aromatic N) is 1. The second kappa shape index (κ2) is 6.80. The highest BCUT2D eigenvalue weighted by molar-refractivity contribution is 6.81. The molecule has 0 fully saturated rings. The van der Waals surface area contributed by atoms with Crippen LogP contribution in [0.4, 0.5) is 0 Å². The highest BCUT2D eigenvalue weighted by Gasteiger charge is 1.99. The van der Waals surface area contributed by atoms with Crippen molar-refractivity contribution in [2.75, 3.05) is 6.61 Å². The van der Waals surface area contributed by atoms with Gasteiger partial charge in [-0.15, -0.1) is 0 Å². The van der Waals surface area contributed by atoms with Crippen LogP contribution in [0.2, 0.25) is 0 Å². The van der Waals surface area contributed by atoms with Crippen molar-refractivity contribution in [3.63, 3.8) is 0 Å². The summed E-state index contributed by atoms with van der Waals surface area (Å²) in [6.07, 6.45) is 3.72. The average molecular weight is 238 g/mol. The summed E-state index contributed by atoms with van der Waals surface area (Å²) in [4.78, 5) is 15.4. The van der Waals surface area contributed by atoms with Crippen LogP contribution in [0, 0.1) is 0 Å². The maximum Gasteiger partial charge on any atom is 0.269 e. The molecule has 0 atom stereocenters. The molecule has 1 aromatic carbocycles. The number of benzene rings is 1. The average Bonchev–Trinajstić information content (AvgIpc) is 2.29. The molecule has 4 heteroatoms. The summed E-state index contributed by atoms with van der Waals surface area (Å²) < 4.78 is 0. The first kappa shape index (κ1) is 12.5. The van der Waals surface area contributed by atoms with Gasteiger partial charge in [-0.3, -0.25) is 4.79 Å². The smallest absolute Gasteiger partial charge is 0.269 e. The van der Waals surface area contributed by atoms with Gasteiger partial charge in [0.15, 0.2) is 0 Å². The van der Waals surface area contributed by atoms with E-state index in [2.05, 4.69) is 5.16 Å². The standard InChI is InChI=1S/C12H12ClNO2/c1-10(12(13)15)14-16-9-5-8-11-6-3-2-4-7-11/h2-8H,9H2,1H3/b8-5+,14-10?. The van der Waals surface area contributed by atoms with Gasteiger partial charge >= 0.3 is 0 Å². The van der Waals surface area contributed by atoms with Gasteiger partial charge in [-0.25, -0.2) is 0 Å². The van der Waals surface area contributed by atoms with Crippen molar-refractivity contribution in [2.45, 2.75) is 6.92 Å². The van der Waals surface area contributed by atoms with Crippen molar-refractivity contribution in [3.05, 3.63) is 42.0 Å². The maximum atomic E-state index is 10.6. The second-order valence-corrected chi connectivity index (χ2v) is 3.40. The Bertz CT molecular complexity index is 399. The molecule has 0 unspecified atom stereocenters. The van der Waals surface area contributed by atoms with Crippen LogP contribution in [0.1, 0.15) is 12.5 Å². The van der Waals surface area contributed by atoms with Crippen LogP contribution < -0.4 is 0 Å². The van der Waals surface area contributed by atoms with Crippen LogP contribution in [0.3, 0.4) is 0 Å². The Morgan fingerprint density at radius 1 is 1.44 bits per heavy atom. The summed E-state index contributed by atoms with van der Waals surface area (Å²) in [5.41, 5.74) is 1.23. The summed E-state index contributed by atoms with van der Waals surface area (Å²) >= 11 is 5.17. The fourth-order valence-electron chi connectivity index (χ4n) is 0.961. The number of hydrogen-bond acceptors (Lipinski definition) is 3. The quantitative estimate of drug-likeness (QED) is 0.342. The normalized spacial score (nSPS) is 11.8. The first-order chi connectivity index (χ1) is 7.70. The molecule has 0 amide bonds. The van der Waals surface area contributed by atoms with Gasteiger partial charge in [-0.2, -0.15) is 0 Å². The molecule has 0 aliphatic carbocycles. The number of carbonyl (C=O) groups excluding carboxylic acids is 1. The molecule has 0 heterocycles. The lowest BCUT2D eigenvalue weighted by molar-refractivity contribution is -0.106. The molecular weight excluding hydrogens is 226 g/mol. The van der Waals surface area contributed by atoms with E-state index in [4.69, 9.17) is 16.4 Å². The summed E-state index contributed by atoms with van der Waals surface area (Å²) in [5, 5.41) is 2.93. The maximum absolute atomic E-state index is 10.6. The molecule has 0 bridgehead atoms. The Morgan fingerprint density at radius 3 is 2.75 bits per heavy atom. The molecule has 1 aromatic rings. The molecule has 84 valence electrons. The highest BCUT2D eigenvalue weighted by Crippen LogP contribution is 2.00. The summed E-state index contributed by atoms with van der Waals surface area (Å²) in [6, 6.07) is 9.82. The molecule has 0 aliphatic rings. The Kier molecular flexibility index (Phi) is 5.29. The van der Waals surface area contributed by atoms with Crippen LogP contribution in [0.5, 0.6) is 0 Å². The highest BCUT2D eigenvalue weighted by atomic mass is 35.5. The van der Waals surface area contributed by atoms with Crippen LogP contribution in [-0.2, 0) is 9.63 Å². The van der Waals surface area contributed by atoms with Crippen molar-refractivity contribution in [1.29, 1.82) is 0 Å². The van der Waals surface area contributed by atoms with E-state index in [0.29, 0.717) is 6.61 Å². The Hall–Kier alpha value is -1.61. The first-order valence-electron chi connectivity index (χ1n) is 4.78. The lowest BCUT2D eigenvalue weighted by atomic mass is 10.2. The molecular formula is C12H12ClNO2. The Balaban J connectivity index is 2.34. The van der Waals surface area contributed by atoms with Crippen molar-refractivity contribution in [1.82, 2.24) is 0 Å². The van der Waals surface area contributed by atoms with Crippen LogP contribution in [0.15, 0.2) is 41.6 Å². The van der Waals surface area contributed by atoms with E-state index in [0.717, 1.165) is 5.56 Å². The van der Waals surface area contributed by atoms with E-state index >= 15 is 0 Å². The van der Waals surface area contributed by atoms with Gasteiger partial charge in [-0.05, 0) is 30.2 Å². The molecule has 0 radical (unpaired) electrons. The van der Waals surface area contributed by atoms with Crippen LogP contribution in [-0.4, -0.2) is 17.6 Å². The second-order valence-electron chi connectivity index (χ2n) is 3.06. The molecule has 0 saturated heterocycles. The number of halogens is 1. The van der Waals surface area contributed by atoms with E-state index in [1.807, 2.05) is 42.5 Å². The molecule has 16 heavy (non-hydrogen) atoms. The molecule has 0 aliphatic heterocycles. The molecule has 0 N–H and O–H groups in total. The third-order valence-corrected chi connectivity index (χ3v) is 2.04. The minimum atomic E-state index is -0.605. The lowest BCUT2D eigenvalue weighted by Gasteiger charge is -1.95. The fourth-order valence-corrected chi connectivity index (χ4v) is 0.996. The van der Waals surface area contributed by atoms with Crippen molar-refractivity contribution in [3.8, 4) is 0 Å². The third-order valence-electron chi connectivity index (χ3n) is 1.77. The number of hydrogen-bond donors (Lipinski definition) is 0. The van der Waals surface area contributed by atoms with E-state index in [9.17, 15) is 4.79 Å². The van der Waals surface area contributed by atoms with Gasteiger partial charge < -0.3 is 4.84 Å². The van der Waals surface area contributed by atoms with Crippen LogP contribution in [0.25, 0.3) is 6.08 Å². The van der Waals surface area contributed by atoms with Gasteiger partial charge in [0.25, 0.3) is 5.24 Å². The minimum absolute atomic E-state index is 0.148. The summed E-state index contributed by atoms with van der Waals surface area (Å²) in [7, 11) is 0. The number of rotatable bonds is 5.